The monoisotopic (exact) mass is 368 g/mol. The van der Waals surface area contributed by atoms with Gasteiger partial charge in [-0.1, -0.05) is 62.4 Å². The van der Waals surface area contributed by atoms with Crippen molar-refractivity contribution in [3.63, 3.8) is 0 Å². The molecule has 5 heteroatoms. The van der Waals surface area contributed by atoms with Gasteiger partial charge in [0.15, 0.2) is 0 Å². The summed E-state index contributed by atoms with van der Waals surface area (Å²) in [6.45, 7) is 7.06. The van der Waals surface area contributed by atoms with E-state index in [2.05, 4.69) is 0 Å². The van der Waals surface area contributed by atoms with E-state index in [1.165, 1.54) is 0 Å². The number of hydrogen-bond acceptors (Lipinski definition) is 5. The van der Waals surface area contributed by atoms with E-state index in [-0.39, 0.29) is 5.56 Å². The molecule has 0 aliphatic carbocycles. The van der Waals surface area contributed by atoms with Gasteiger partial charge >= 0.3 is 11.9 Å². The van der Waals surface area contributed by atoms with Crippen LogP contribution >= 0.6 is 0 Å². The van der Waals surface area contributed by atoms with E-state index < -0.39 is 35.3 Å². The van der Waals surface area contributed by atoms with Crippen LogP contribution in [-0.2, 0) is 14.3 Å². The summed E-state index contributed by atoms with van der Waals surface area (Å²) in [5.41, 5.74) is 0.0250. The average molecular weight is 368 g/mol. The highest BCUT2D eigenvalue weighted by Gasteiger charge is 2.38. The summed E-state index contributed by atoms with van der Waals surface area (Å²) < 4.78 is 10.9. The Hall–Kier alpha value is -2.95. The fourth-order valence-electron chi connectivity index (χ4n) is 2.36. The van der Waals surface area contributed by atoms with Crippen molar-refractivity contribution in [3.8, 4) is 0 Å². The standard InChI is InChI=1S/C22H24O5/c1-15(26-20(24)18-13-9-6-10-14-18)22(3,4)16(2)27-21(25)19(23)17-11-7-5-8-12-17/h5-16H,1-4H3. The summed E-state index contributed by atoms with van der Waals surface area (Å²) in [6.07, 6.45) is -1.18. The predicted molar refractivity (Wildman–Crippen MR) is 101 cm³/mol. The molecule has 142 valence electrons. The molecule has 0 amide bonds. The maximum Gasteiger partial charge on any atom is 0.379 e. The van der Waals surface area contributed by atoms with Gasteiger partial charge in [0, 0.05) is 11.0 Å². The van der Waals surface area contributed by atoms with Crippen molar-refractivity contribution in [1.29, 1.82) is 0 Å². The smallest absolute Gasteiger partial charge is 0.379 e. The van der Waals surface area contributed by atoms with Gasteiger partial charge in [0.1, 0.15) is 12.2 Å². The molecule has 27 heavy (non-hydrogen) atoms. The largest absolute Gasteiger partial charge is 0.458 e. The number of rotatable bonds is 7. The number of esters is 2. The molecule has 0 saturated heterocycles. The molecule has 0 aliphatic heterocycles. The quantitative estimate of drug-likeness (QED) is 0.418. The minimum atomic E-state index is -0.927. The zero-order valence-electron chi connectivity index (χ0n) is 16.0. The Bertz CT molecular complexity index is 796. The summed E-state index contributed by atoms with van der Waals surface area (Å²) >= 11 is 0. The molecule has 0 aromatic heterocycles. The van der Waals surface area contributed by atoms with E-state index in [1.54, 1.807) is 68.4 Å². The Morgan fingerprint density at radius 2 is 1.19 bits per heavy atom. The molecule has 2 rings (SSSR count). The molecule has 0 aliphatic rings. The highest BCUT2D eigenvalue weighted by Crippen LogP contribution is 2.30. The van der Waals surface area contributed by atoms with Crippen LogP contribution in [0.2, 0.25) is 0 Å². The van der Waals surface area contributed by atoms with Crippen LogP contribution in [0.15, 0.2) is 60.7 Å². The van der Waals surface area contributed by atoms with Crippen LogP contribution in [0, 0.1) is 5.41 Å². The van der Waals surface area contributed by atoms with Gasteiger partial charge in [0.05, 0.1) is 5.56 Å². The topological polar surface area (TPSA) is 69.7 Å². The van der Waals surface area contributed by atoms with E-state index in [0.29, 0.717) is 5.56 Å². The lowest BCUT2D eigenvalue weighted by molar-refractivity contribution is -0.152. The summed E-state index contributed by atoms with van der Waals surface area (Å²) in [6, 6.07) is 16.9. The summed E-state index contributed by atoms with van der Waals surface area (Å²) in [5.74, 6) is -2.08. The Kier molecular flexibility index (Phi) is 6.50. The minimum absolute atomic E-state index is 0.274. The second-order valence-electron chi connectivity index (χ2n) is 6.98. The van der Waals surface area contributed by atoms with Gasteiger partial charge in [-0.3, -0.25) is 4.79 Å². The summed E-state index contributed by atoms with van der Waals surface area (Å²) in [5, 5.41) is 0. The third-order valence-electron chi connectivity index (χ3n) is 4.89. The number of hydrogen-bond donors (Lipinski definition) is 0. The average Bonchev–Trinajstić information content (AvgIpc) is 2.68. The second-order valence-corrected chi connectivity index (χ2v) is 6.98. The van der Waals surface area contributed by atoms with Crippen LogP contribution in [0.4, 0.5) is 0 Å². The zero-order chi connectivity index (χ0) is 20.0. The summed E-state index contributed by atoms with van der Waals surface area (Å²) in [7, 11) is 0. The van der Waals surface area contributed by atoms with Crippen molar-refractivity contribution in [3.05, 3.63) is 71.8 Å². The van der Waals surface area contributed by atoms with E-state index >= 15 is 0 Å². The summed E-state index contributed by atoms with van der Waals surface area (Å²) in [4.78, 5) is 36.6. The third kappa shape index (κ3) is 5.03. The van der Waals surface area contributed by atoms with E-state index in [4.69, 9.17) is 9.47 Å². The van der Waals surface area contributed by atoms with Crippen LogP contribution in [0.25, 0.3) is 0 Å². The highest BCUT2D eigenvalue weighted by molar-refractivity contribution is 6.40. The molecule has 0 spiro atoms. The minimum Gasteiger partial charge on any atom is -0.458 e. The number of ether oxygens (including phenoxy) is 2. The van der Waals surface area contributed by atoms with Crippen molar-refractivity contribution in [2.45, 2.75) is 39.9 Å². The molecule has 0 bridgehead atoms. The lowest BCUT2D eigenvalue weighted by atomic mass is 9.82. The maximum absolute atomic E-state index is 12.3. The second kappa shape index (κ2) is 8.62. The Balaban J connectivity index is 2.00. The van der Waals surface area contributed by atoms with Crippen LogP contribution in [0.3, 0.4) is 0 Å². The van der Waals surface area contributed by atoms with E-state index in [1.807, 2.05) is 19.9 Å². The number of carbonyl (C=O) groups is 3. The van der Waals surface area contributed by atoms with Gasteiger partial charge in [-0.05, 0) is 26.0 Å². The van der Waals surface area contributed by atoms with Crippen molar-refractivity contribution in [2.24, 2.45) is 5.41 Å². The van der Waals surface area contributed by atoms with Gasteiger partial charge < -0.3 is 9.47 Å². The van der Waals surface area contributed by atoms with Gasteiger partial charge in [-0.25, -0.2) is 9.59 Å². The molecule has 0 radical (unpaired) electrons. The van der Waals surface area contributed by atoms with Gasteiger partial charge in [0.2, 0.25) is 0 Å². The normalized spacial score (nSPS) is 13.3. The van der Waals surface area contributed by atoms with Crippen molar-refractivity contribution in [1.82, 2.24) is 0 Å². The molecule has 0 heterocycles. The lowest BCUT2D eigenvalue weighted by Gasteiger charge is -2.36. The van der Waals surface area contributed by atoms with Gasteiger partial charge in [-0.2, -0.15) is 0 Å². The SMILES string of the molecule is CC(OC(=O)C(=O)c1ccccc1)C(C)(C)C(C)OC(=O)c1ccccc1. The predicted octanol–water partition coefficient (Wildman–Crippen LogP) is 4.07. The number of carbonyl (C=O) groups excluding carboxylic acids is 3. The van der Waals surface area contributed by atoms with E-state index in [0.717, 1.165) is 0 Å². The van der Waals surface area contributed by atoms with Crippen LogP contribution < -0.4 is 0 Å². The van der Waals surface area contributed by atoms with Gasteiger partial charge in [0.25, 0.3) is 5.78 Å². The van der Waals surface area contributed by atoms with Crippen molar-refractivity contribution in [2.75, 3.05) is 0 Å². The van der Waals surface area contributed by atoms with Crippen LogP contribution in [0.5, 0.6) is 0 Å². The zero-order valence-corrected chi connectivity index (χ0v) is 16.0. The molecule has 2 aromatic carbocycles. The highest BCUT2D eigenvalue weighted by atomic mass is 16.6. The molecule has 0 fully saturated rings. The molecule has 2 aromatic rings. The number of ketones is 1. The van der Waals surface area contributed by atoms with Crippen LogP contribution in [-0.4, -0.2) is 29.9 Å². The Labute approximate surface area is 159 Å². The first-order valence-corrected chi connectivity index (χ1v) is 8.80. The van der Waals surface area contributed by atoms with E-state index in [9.17, 15) is 14.4 Å². The lowest BCUT2D eigenvalue weighted by Crippen LogP contribution is -2.43. The van der Waals surface area contributed by atoms with Crippen molar-refractivity contribution >= 4 is 17.7 Å². The Morgan fingerprint density at radius 1 is 0.741 bits per heavy atom. The molecular formula is C22H24O5. The molecular weight excluding hydrogens is 344 g/mol. The number of benzene rings is 2. The fraction of sp³-hybridized carbons (Fsp3) is 0.318. The molecule has 5 nitrogen and oxygen atoms in total. The maximum atomic E-state index is 12.3. The first kappa shape index (κ1) is 20.4. The molecule has 2 atom stereocenters. The van der Waals surface area contributed by atoms with Gasteiger partial charge in [-0.15, -0.1) is 0 Å². The molecule has 0 N–H and O–H groups in total. The van der Waals surface area contributed by atoms with Crippen LogP contribution in [0.1, 0.15) is 48.4 Å². The first-order valence-electron chi connectivity index (χ1n) is 8.80. The molecule has 2 unspecified atom stereocenters. The first-order chi connectivity index (χ1) is 12.7. The fourth-order valence-corrected chi connectivity index (χ4v) is 2.36. The van der Waals surface area contributed by atoms with Crippen molar-refractivity contribution < 1.29 is 23.9 Å². The number of Topliss-reactive ketones (excluding diaryl/α,β-unsaturated/α-hetero) is 1. The molecule has 0 saturated carbocycles. The Morgan fingerprint density at radius 3 is 1.70 bits per heavy atom. The third-order valence-corrected chi connectivity index (χ3v) is 4.89.